The maximum absolute atomic E-state index is 12.5. The number of fused-ring (bicyclic) bond motifs is 1. The average molecular weight is 374 g/mol. The smallest absolute Gasteiger partial charge is 0.236 e. The van der Waals surface area contributed by atoms with Gasteiger partial charge in [-0.2, -0.15) is 11.3 Å². The first-order valence-corrected chi connectivity index (χ1v) is 9.95. The molecule has 140 valence electrons. The molecular weight excluding hydrogens is 346 g/mol. The predicted octanol–water partition coefficient (Wildman–Crippen LogP) is 2.93. The average Bonchev–Trinajstić information content (AvgIpc) is 3.13. The van der Waals surface area contributed by atoms with Crippen LogP contribution in [0.2, 0.25) is 0 Å². The van der Waals surface area contributed by atoms with Gasteiger partial charge in [0.25, 0.3) is 0 Å². The van der Waals surface area contributed by atoms with E-state index in [4.69, 9.17) is 4.74 Å². The highest BCUT2D eigenvalue weighted by Gasteiger charge is 2.26. The number of amides is 1. The summed E-state index contributed by atoms with van der Waals surface area (Å²) in [7, 11) is 3.84. The SMILES string of the molecule is CCN1CC(CN(C)CC(=O)N(C)Cc2ccsc2)Oc2ccccc21. The van der Waals surface area contributed by atoms with E-state index >= 15 is 0 Å². The summed E-state index contributed by atoms with van der Waals surface area (Å²) in [5, 5.41) is 4.12. The summed E-state index contributed by atoms with van der Waals surface area (Å²) >= 11 is 1.66. The predicted molar refractivity (Wildman–Crippen MR) is 107 cm³/mol. The largest absolute Gasteiger partial charge is 0.485 e. The van der Waals surface area contributed by atoms with Crippen LogP contribution in [0.5, 0.6) is 5.75 Å². The maximum atomic E-state index is 12.5. The zero-order valence-corrected chi connectivity index (χ0v) is 16.5. The van der Waals surface area contributed by atoms with Gasteiger partial charge in [0.15, 0.2) is 0 Å². The van der Waals surface area contributed by atoms with E-state index in [2.05, 4.69) is 34.2 Å². The fourth-order valence-corrected chi connectivity index (χ4v) is 3.94. The number of ether oxygens (including phenoxy) is 1. The lowest BCUT2D eigenvalue weighted by Gasteiger charge is -2.37. The van der Waals surface area contributed by atoms with Gasteiger partial charge in [-0.3, -0.25) is 9.69 Å². The number of anilines is 1. The lowest BCUT2D eigenvalue weighted by molar-refractivity contribution is -0.131. The van der Waals surface area contributed by atoms with E-state index in [1.807, 2.05) is 37.7 Å². The first-order valence-electron chi connectivity index (χ1n) is 9.01. The second kappa shape index (κ2) is 8.56. The third kappa shape index (κ3) is 4.56. The Balaban J connectivity index is 1.53. The van der Waals surface area contributed by atoms with E-state index in [1.165, 1.54) is 5.56 Å². The van der Waals surface area contributed by atoms with Gasteiger partial charge in [0.2, 0.25) is 5.91 Å². The normalized spacial score (nSPS) is 16.3. The number of benzene rings is 1. The Kier molecular flexibility index (Phi) is 6.16. The molecule has 1 amide bonds. The molecule has 0 radical (unpaired) electrons. The minimum Gasteiger partial charge on any atom is -0.485 e. The molecule has 0 spiro atoms. The van der Waals surface area contributed by atoms with Crippen LogP contribution in [0.25, 0.3) is 0 Å². The Bertz CT molecular complexity index is 720. The number of para-hydroxylation sites is 2. The summed E-state index contributed by atoms with van der Waals surface area (Å²) in [6.45, 7) is 5.73. The molecule has 0 fully saturated rings. The Labute approximate surface area is 159 Å². The van der Waals surface area contributed by atoms with Gasteiger partial charge in [-0.1, -0.05) is 12.1 Å². The number of likely N-dealkylation sites (N-methyl/N-ethyl adjacent to an activating group) is 3. The van der Waals surface area contributed by atoms with Crippen molar-refractivity contribution in [3.8, 4) is 5.75 Å². The third-order valence-corrected chi connectivity index (χ3v) is 5.38. The molecule has 0 N–H and O–H groups in total. The molecule has 3 rings (SSSR count). The van der Waals surface area contributed by atoms with Crippen molar-refractivity contribution in [3.63, 3.8) is 0 Å². The van der Waals surface area contributed by atoms with Gasteiger partial charge in [0.1, 0.15) is 11.9 Å². The molecule has 0 saturated heterocycles. The van der Waals surface area contributed by atoms with Gasteiger partial charge in [0, 0.05) is 26.7 Å². The van der Waals surface area contributed by atoms with E-state index < -0.39 is 0 Å². The molecule has 26 heavy (non-hydrogen) atoms. The number of thiophene rings is 1. The van der Waals surface area contributed by atoms with Crippen molar-refractivity contribution >= 4 is 22.9 Å². The molecule has 1 atom stereocenters. The first-order chi connectivity index (χ1) is 12.6. The van der Waals surface area contributed by atoms with Crippen LogP contribution in [0.4, 0.5) is 5.69 Å². The zero-order valence-electron chi connectivity index (χ0n) is 15.7. The Morgan fingerprint density at radius 3 is 2.85 bits per heavy atom. The third-order valence-electron chi connectivity index (χ3n) is 4.65. The molecule has 0 aliphatic carbocycles. The number of nitrogens with zero attached hydrogens (tertiary/aromatic N) is 3. The summed E-state index contributed by atoms with van der Waals surface area (Å²) < 4.78 is 6.16. The van der Waals surface area contributed by atoms with E-state index in [1.54, 1.807) is 16.2 Å². The molecule has 1 unspecified atom stereocenters. The second-order valence-corrected chi connectivity index (χ2v) is 7.60. The van der Waals surface area contributed by atoms with Crippen molar-refractivity contribution in [3.05, 3.63) is 46.7 Å². The number of carbonyl (C=O) groups excluding carboxylic acids is 1. The van der Waals surface area contributed by atoms with Crippen molar-refractivity contribution in [2.24, 2.45) is 0 Å². The van der Waals surface area contributed by atoms with Crippen LogP contribution in [-0.4, -0.2) is 62.1 Å². The van der Waals surface area contributed by atoms with Crippen molar-refractivity contribution in [2.45, 2.75) is 19.6 Å². The van der Waals surface area contributed by atoms with Crippen LogP contribution in [0, 0.1) is 0 Å². The van der Waals surface area contributed by atoms with Gasteiger partial charge < -0.3 is 14.5 Å². The van der Waals surface area contributed by atoms with Crippen LogP contribution >= 0.6 is 11.3 Å². The van der Waals surface area contributed by atoms with Crippen LogP contribution in [0.3, 0.4) is 0 Å². The maximum Gasteiger partial charge on any atom is 0.236 e. The molecule has 1 aliphatic rings. The highest BCUT2D eigenvalue weighted by Crippen LogP contribution is 2.32. The van der Waals surface area contributed by atoms with Crippen LogP contribution in [0.15, 0.2) is 41.1 Å². The first kappa shape index (κ1) is 18.7. The fraction of sp³-hybridized carbons (Fsp3) is 0.450. The number of hydrogen-bond donors (Lipinski definition) is 0. The van der Waals surface area contributed by atoms with Crippen LogP contribution < -0.4 is 9.64 Å². The summed E-state index contributed by atoms with van der Waals surface area (Å²) in [5.41, 5.74) is 2.33. The highest BCUT2D eigenvalue weighted by molar-refractivity contribution is 7.07. The number of carbonyl (C=O) groups is 1. The molecule has 2 aromatic rings. The van der Waals surface area contributed by atoms with Crippen molar-refractivity contribution < 1.29 is 9.53 Å². The van der Waals surface area contributed by atoms with Crippen LogP contribution in [-0.2, 0) is 11.3 Å². The number of hydrogen-bond acceptors (Lipinski definition) is 5. The van der Waals surface area contributed by atoms with E-state index in [0.29, 0.717) is 13.1 Å². The lowest BCUT2D eigenvalue weighted by atomic mass is 10.2. The second-order valence-electron chi connectivity index (χ2n) is 6.82. The summed E-state index contributed by atoms with van der Waals surface area (Å²) in [5.74, 6) is 1.06. The Hall–Kier alpha value is -2.05. The molecule has 1 aliphatic heterocycles. The molecule has 1 aromatic carbocycles. The van der Waals surface area contributed by atoms with E-state index in [-0.39, 0.29) is 12.0 Å². The molecule has 1 aromatic heterocycles. The molecule has 0 saturated carbocycles. The Morgan fingerprint density at radius 2 is 2.12 bits per heavy atom. The van der Waals surface area contributed by atoms with Gasteiger partial charge in [-0.05, 0) is 48.5 Å². The molecular formula is C20H27N3O2S. The summed E-state index contributed by atoms with van der Waals surface area (Å²) in [4.78, 5) is 18.7. The molecule has 2 heterocycles. The van der Waals surface area contributed by atoms with Crippen LogP contribution in [0.1, 0.15) is 12.5 Å². The number of rotatable bonds is 7. The highest BCUT2D eigenvalue weighted by atomic mass is 32.1. The van der Waals surface area contributed by atoms with Crippen molar-refractivity contribution in [2.75, 3.05) is 45.2 Å². The van der Waals surface area contributed by atoms with E-state index in [9.17, 15) is 4.79 Å². The van der Waals surface area contributed by atoms with Gasteiger partial charge in [0.05, 0.1) is 18.8 Å². The monoisotopic (exact) mass is 373 g/mol. The van der Waals surface area contributed by atoms with Gasteiger partial charge in [-0.25, -0.2) is 0 Å². The Morgan fingerprint density at radius 1 is 1.31 bits per heavy atom. The lowest BCUT2D eigenvalue weighted by Crippen LogP contribution is -2.47. The molecule has 5 nitrogen and oxygen atoms in total. The summed E-state index contributed by atoms with van der Waals surface area (Å²) in [6.07, 6.45) is 0.0600. The minimum atomic E-state index is 0.0600. The van der Waals surface area contributed by atoms with Gasteiger partial charge >= 0.3 is 0 Å². The summed E-state index contributed by atoms with van der Waals surface area (Å²) in [6, 6.07) is 10.2. The van der Waals surface area contributed by atoms with Crippen molar-refractivity contribution in [1.29, 1.82) is 0 Å². The topological polar surface area (TPSA) is 36.0 Å². The standard InChI is InChI=1S/C20H27N3O2S/c1-4-23-13-17(25-19-8-6-5-7-18(19)23)12-21(2)14-20(24)22(3)11-16-9-10-26-15-16/h5-10,15,17H,4,11-14H2,1-3H3. The van der Waals surface area contributed by atoms with Gasteiger partial charge in [-0.15, -0.1) is 0 Å². The van der Waals surface area contributed by atoms with Crippen molar-refractivity contribution in [1.82, 2.24) is 9.80 Å². The molecule has 6 heteroatoms. The molecule has 0 bridgehead atoms. The quantitative estimate of drug-likeness (QED) is 0.748. The minimum absolute atomic E-state index is 0.0600. The fourth-order valence-electron chi connectivity index (χ4n) is 3.28. The van der Waals surface area contributed by atoms with E-state index in [0.717, 1.165) is 31.1 Å². The zero-order chi connectivity index (χ0) is 18.5.